The molecular formula is C23H22N4O2. The van der Waals surface area contributed by atoms with E-state index < -0.39 is 0 Å². The van der Waals surface area contributed by atoms with Crippen molar-refractivity contribution in [1.29, 1.82) is 0 Å². The molecule has 5 rings (SSSR count). The molecule has 0 spiro atoms. The average Bonchev–Trinajstić information content (AvgIpc) is 3.33. The van der Waals surface area contributed by atoms with E-state index in [1.165, 1.54) is 0 Å². The number of furan rings is 1. The molecule has 0 N–H and O–H groups in total. The van der Waals surface area contributed by atoms with Crippen LogP contribution in [0.2, 0.25) is 0 Å². The van der Waals surface area contributed by atoms with Gasteiger partial charge in [0.2, 0.25) is 0 Å². The minimum atomic E-state index is 0.621. The third kappa shape index (κ3) is 3.27. The van der Waals surface area contributed by atoms with E-state index in [9.17, 15) is 0 Å². The SMILES string of the molecule is COc1ccccc1N1CCN(c2nc(-c3ccco3)nc3ccccc23)CC1. The van der Waals surface area contributed by atoms with Crippen molar-refractivity contribution in [3.63, 3.8) is 0 Å². The molecule has 29 heavy (non-hydrogen) atoms. The van der Waals surface area contributed by atoms with Crippen molar-refractivity contribution < 1.29 is 9.15 Å². The van der Waals surface area contributed by atoms with Gasteiger partial charge in [-0.15, -0.1) is 0 Å². The Labute approximate surface area is 169 Å². The summed E-state index contributed by atoms with van der Waals surface area (Å²) in [5.41, 5.74) is 2.06. The number of aromatic nitrogens is 2. The van der Waals surface area contributed by atoms with Gasteiger partial charge in [-0.2, -0.15) is 0 Å². The number of nitrogens with zero attached hydrogens (tertiary/aromatic N) is 4. The molecule has 2 aromatic carbocycles. The molecule has 146 valence electrons. The molecule has 0 amide bonds. The molecular weight excluding hydrogens is 364 g/mol. The Kier molecular flexibility index (Phi) is 4.52. The summed E-state index contributed by atoms with van der Waals surface area (Å²) >= 11 is 0. The van der Waals surface area contributed by atoms with Crippen molar-refractivity contribution >= 4 is 22.4 Å². The van der Waals surface area contributed by atoms with Gasteiger partial charge in [0.1, 0.15) is 11.6 Å². The third-order valence-corrected chi connectivity index (χ3v) is 5.33. The molecule has 6 nitrogen and oxygen atoms in total. The molecule has 2 aromatic heterocycles. The highest BCUT2D eigenvalue weighted by Gasteiger charge is 2.23. The Hall–Kier alpha value is -3.54. The normalized spacial score (nSPS) is 14.4. The van der Waals surface area contributed by atoms with Crippen LogP contribution in [0, 0.1) is 0 Å². The summed E-state index contributed by atoms with van der Waals surface area (Å²) in [6, 6.07) is 20.1. The second-order valence-electron chi connectivity index (χ2n) is 7.01. The number of hydrogen-bond donors (Lipinski definition) is 0. The molecule has 0 bridgehead atoms. The van der Waals surface area contributed by atoms with Crippen LogP contribution in [-0.2, 0) is 0 Å². The van der Waals surface area contributed by atoms with Gasteiger partial charge in [0.15, 0.2) is 11.6 Å². The molecule has 4 aromatic rings. The van der Waals surface area contributed by atoms with Gasteiger partial charge < -0.3 is 19.0 Å². The summed E-state index contributed by atoms with van der Waals surface area (Å²) in [7, 11) is 1.72. The largest absolute Gasteiger partial charge is 0.495 e. The predicted molar refractivity (Wildman–Crippen MR) is 115 cm³/mol. The number of anilines is 2. The maximum atomic E-state index is 5.55. The Balaban J connectivity index is 1.46. The molecule has 0 aliphatic carbocycles. The number of rotatable bonds is 4. The fourth-order valence-electron chi connectivity index (χ4n) is 3.87. The number of methoxy groups -OCH3 is 1. The van der Waals surface area contributed by atoms with Gasteiger partial charge >= 0.3 is 0 Å². The number of hydrogen-bond acceptors (Lipinski definition) is 6. The number of ether oxygens (including phenoxy) is 1. The number of piperazine rings is 1. The lowest BCUT2D eigenvalue weighted by Gasteiger charge is -2.37. The molecule has 0 saturated carbocycles. The smallest absolute Gasteiger partial charge is 0.198 e. The van der Waals surface area contributed by atoms with Gasteiger partial charge in [-0.1, -0.05) is 24.3 Å². The quantitative estimate of drug-likeness (QED) is 0.523. The molecule has 1 saturated heterocycles. The van der Waals surface area contributed by atoms with Crippen molar-refractivity contribution in [2.45, 2.75) is 0 Å². The van der Waals surface area contributed by atoms with Crippen molar-refractivity contribution in [2.75, 3.05) is 43.1 Å². The molecule has 1 aliphatic heterocycles. The van der Waals surface area contributed by atoms with E-state index in [4.69, 9.17) is 19.1 Å². The van der Waals surface area contributed by atoms with E-state index in [2.05, 4.69) is 28.0 Å². The second kappa shape index (κ2) is 7.47. The first-order valence-electron chi connectivity index (χ1n) is 9.77. The van der Waals surface area contributed by atoms with E-state index in [0.717, 1.165) is 54.3 Å². The lowest BCUT2D eigenvalue weighted by molar-refractivity contribution is 0.413. The van der Waals surface area contributed by atoms with E-state index in [1.807, 2.05) is 42.5 Å². The van der Waals surface area contributed by atoms with E-state index in [0.29, 0.717) is 11.6 Å². The van der Waals surface area contributed by atoms with Gasteiger partial charge in [0.05, 0.1) is 24.6 Å². The van der Waals surface area contributed by atoms with Gasteiger partial charge in [0.25, 0.3) is 0 Å². The van der Waals surface area contributed by atoms with Crippen molar-refractivity contribution in [3.05, 3.63) is 66.9 Å². The lowest BCUT2D eigenvalue weighted by Crippen LogP contribution is -2.47. The third-order valence-electron chi connectivity index (χ3n) is 5.33. The number of fused-ring (bicyclic) bond motifs is 1. The molecule has 0 radical (unpaired) electrons. The van der Waals surface area contributed by atoms with Crippen LogP contribution < -0.4 is 14.5 Å². The summed E-state index contributed by atoms with van der Waals surface area (Å²) in [4.78, 5) is 14.3. The maximum Gasteiger partial charge on any atom is 0.198 e. The summed E-state index contributed by atoms with van der Waals surface area (Å²) in [5, 5.41) is 1.06. The first-order chi connectivity index (χ1) is 14.3. The van der Waals surface area contributed by atoms with Crippen LogP contribution in [0.3, 0.4) is 0 Å². The van der Waals surface area contributed by atoms with Crippen molar-refractivity contribution in [2.24, 2.45) is 0 Å². The van der Waals surface area contributed by atoms with Gasteiger partial charge in [-0.25, -0.2) is 9.97 Å². The molecule has 6 heteroatoms. The zero-order chi connectivity index (χ0) is 19.6. The highest BCUT2D eigenvalue weighted by Crippen LogP contribution is 2.31. The van der Waals surface area contributed by atoms with Crippen LogP contribution in [0.1, 0.15) is 0 Å². The predicted octanol–water partition coefficient (Wildman–Crippen LogP) is 4.23. The van der Waals surface area contributed by atoms with E-state index in [1.54, 1.807) is 13.4 Å². The molecule has 3 heterocycles. The maximum absolute atomic E-state index is 5.55. The Morgan fingerprint density at radius 3 is 2.38 bits per heavy atom. The average molecular weight is 386 g/mol. The number of benzene rings is 2. The number of para-hydroxylation sites is 3. The first kappa shape index (κ1) is 17.6. The van der Waals surface area contributed by atoms with Gasteiger partial charge in [-0.3, -0.25) is 0 Å². The zero-order valence-corrected chi connectivity index (χ0v) is 16.3. The fourth-order valence-corrected chi connectivity index (χ4v) is 3.87. The topological polar surface area (TPSA) is 54.6 Å². The standard InChI is InChI=1S/C23H22N4O2/c1-28-20-10-5-4-9-19(20)26-12-14-27(15-13-26)23-17-7-2-3-8-18(17)24-22(25-23)21-11-6-16-29-21/h2-11,16H,12-15H2,1H3. The summed E-state index contributed by atoms with van der Waals surface area (Å²) < 4.78 is 11.1. The van der Waals surface area contributed by atoms with Gasteiger partial charge in [-0.05, 0) is 36.4 Å². The van der Waals surface area contributed by atoms with Crippen LogP contribution in [0.25, 0.3) is 22.5 Å². The van der Waals surface area contributed by atoms with E-state index >= 15 is 0 Å². The minimum Gasteiger partial charge on any atom is -0.495 e. The molecule has 0 unspecified atom stereocenters. The fraction of sp³-hybridized carbons (Fsp3) is 0.217. The van der Waals surface area contributed by atoms with Crippen LogP contribution in [0.5, 0.6) is 5.75 Å². The second-order valence-corrected chi connectivity index (χ2v) is 7.01. The van der Waals surface area contributed by atoms with E-state index in [-0.39, 0.29) is 0 Å². The lowest BCUT2D eigenvalue weighted by atomic mass is 10.2. The molecule has 0 atom stereocenters. The summed E-state index contributed by atoms with van der Waals surface area (Å²) in [6.45, 7) is 3.54. The minimum absolute atomic E-state index is 0.621. The van der Waals surface area contributed by atoms with Crippen molar-refractivity contribution in [1.82, 2.24) is 9.97 Å². The van der Waals surface area contributed by atoms with Crippen molar-refractivity contribution in [3.8, 4) is 17.3 Å². The highest BCUT2D eigenvalue weighted by atomic mass is 16.5. The Bertz CT molecular complexity index is 1120. The molecule has 1 aliphatic rings. The van der Waals surface area contributed by atoms with Crippen LogP contribution in [-0.4, -0.2) is 43.3 Å². The molecule has 1 fully saturated rings. The van der Waals surface area contributed by atoms with Crippen LogP contribution in [0.15, 0.2) is 71.3 Å². The monoisotopic (exact) mass is 386 g/mol. The zero-order valence-electron chi connectivity index (χ0n) is 16.3. The Morgan fingerprint density at radius 2 is 1.59 bits per heavy atom. The van der Waals surface area contributed by atoms with Crippen LogP contribution in [0.4, 0.5) is 11.5 Å². The highest BCUT2D eigenvalue weighted by molar-refractivity contribution is 5.91. The van der Waals surface area contributed by atoms with Gasteiger partial charge in [0, 0.05) is 31.6 Å². The summed E-state index contributed by atoms with van der Waals surface area (Å²) in [5.74, 6) is 3.18. The van der Waals surface area contributed by atoms with Crippen LogP contribution >= 0.6 is 0 Å². The summed E-state index contributed by atoms with van der Waals surface area (Å²) in [6.07, 6.45) is 1.65. The first-order valence-corrected chi connectivity index (χ1v) is 9.77. The Morgan fingerprint density at radius 1 is 0.828 bits per heavy atom.